The fraction of sp³-hybridized carbons (Fsp3) is 0.376. The van der Waals surface area contributed by atoms with E-state index in [-0.39, 0.29) is 91.7 Å². The molecular weight excluding hydrogens is 1430 g/mol. The highest BCUT2D eigenvalue weighted by Gasteiger charge is 2.57. The summed E-state index contributed by atoms with van der Waals surface area (Å²) in [7, 11) is 2.01. The van der Waals surface area contributed by atoms with Crippen molar-refractivity contribution in [1.82, 2.24) is 4.57 Å². The Bertz CT molecular complexity index is 4230. The quantitative estimate of drug-likeness (QED) is 0.0201. The molecule has 3 saturated heterocycles. The maximum atomic E-state index is 14.3. The minimum atomic E-state index is -1.33. The molecule has 0 aliphatic carbocycles. The zero-order chi connectivity index (χ0) is 76.6. The SMILES string of the molecule is CCS[C@@H]1O[C@H](COC(=O)CCCCCn2cc[n+](C)c2)[C@@H](O[C@H]2O[C@H](COCc3ccccc3)[C@@H](O[C@H]3O[C@H](COCc4ccccc4)[C@@H](OCc4ccccc4)[C@H](OCc4ccccc4)[C@H]3OCc3ccccc3)[C@H](OCc3ccccc3)[C@H]2OCc2ccccc2)[C@H](OCc2ccccc2)[C@H]1OCc1ccccc1. The van der Waals surface area contributed by atoms with Gasteiger partial charge in [0.25, 0.3) is 0 Å². The number of esters is 1. The van der Waals surface area contributed by atoms with Crippen LogP contribution in [0.15, 0.2) is 292 Å². The standard InChI is InChI=1S/C93H105N2O16S/c1-3-112-93-90(106-64-77-50-30-12-31-51-77)87(103-61-74-44-24-9-25-45-74)84(80(109-93)67-99-81(96)52-32-13-33-53-95-55-54-94(2)68-95)111-92-89(105-63-76-48-28-11-29-49-76)86(102-60-73-42-22-8-23-43-73)83(79(108-92)66-98-57-70-36-16-5-17-37-70)110-91-88(104-62-75-46-26-10-27-47-75)85(101-59-72-40-20-7-21-41-72)82(100-58-71-38-18-6-19-39-71)78(107-91)65-97-56-69-34-14-4-15-35-69/h4-12,14-31,34-51,54-55,68,78-80,82-93H,3,13,32-33,52-53,56-67H2,1-2H3/q+1/t78-,79-,80-,82-,83-,84-,85+,86+,87+,88-,89-,90-,91-,92-,93+/m1/s1. The molecule has 112 heavy (non-hydrogen) atoms. The van der Waals surface area contributed by atoms with E-state index in [1.165, 1.54) is 0 Å². The highest BCUT2D eigenvalue weighted by atomic mass is 32.2. The summed E-state index contributed by atoms with van der Waals surface area (Å²) in [4.78, 5) is 14.3. The van der Waals surface area contributed by atoms with Crippen molar-refractivity contribution in [3.63, 3.8) is 0 Å². The summed E-state index contributed by atoms with van der Waals surface area (Å²) in [5, 5.41) is 0. The number of ether oxygens (including phenoxy) is 15. The number of aromatic nitrogens is 2. The van der Waals surface area contributed by atoms with Crippen LogP contribution in [0.4, 0.5) is 0 Å². The van der Waals surface area contributed by atoms with E-state index >= 15 is 0 Å². The predicted molar refractivity (Wildman–Crippen MR) is 426 cm³/mol. The van der Waals surface area contributed by atoms with Crippen LogP contribution in [0, 0.1) is 0 Å². The Morgan fingerprint density at radius 3 is 1.03 bits per heavy atom. The van der Waals surface area contributed by atoms with E-state index in [0.29, 0.717) is 12.2 Å². The first-order valence-electron chi connectivity index (χ1n) is 39.2. The van der Waals surface area contributed by atoms with Crippen molar-refractivity contribution >= 4 is 17.7 Å². The van der Waals surface area contributed by atoms with E-state index < -0.39 is 91.3 Å². The average Bonchev–Trinajstić information content (AvgIpc) is 0.770. The van der Waals surface area contributed by atoms with E-state index in [9.17, 15) is 4.79 Å². The minimum Gasteiger partial charge on any atom is -0.463 e. The number of carbonyl (C=O) groups is 1. The lowest BCUT2D eigenvalue weighted by Crippen LogP contribution is -2.68. The summed E-state index contributed by atoms with van der Waals surface area (Å²) in [6.45, 7) is 4.38. The van der Waals surface area contributed by atoms with Crippen molar-refractivity contribution in [1.29, 1.82) is 0 Å². The summed E-state index contributed by atoms with van der Waals surface area (Å²) < 4.78 is 114. The van der Waals surface area contributed by atoms with E-state index in [4.69, 9.17) is 71.1 Å². The van der Waals surface area contributed by atoms with Gasteiger partial charge in [0.15, 0.2) is 12.6 Å². The van der Waals surface area contributed by atoms with Gasteiger partial charge < -0.3 is 71.1 Å². The van der Waals surface area contributed by atoms with Crippen molar-refractivity contribution in [2.75, 3.05) is 25.6 Å². The smallest absolute Gasteiger partial charge is 0.305 e. The molecule has 18 nitrogen and oxygen atoms in total. The molecule has 0 amide bonds. The molecule has 0 bridgehead atoms. The Kier molecular flexibility index (Phi) is 32.2. The number of unbranched alkanes of at least 4 members (excludes halogenated alkanes) is 2. The molecule has 0 unspecified atom stereocenters. The molecule has 3 aliphatic rings. The molecule has 0 saturated carbocycles. The van der Waals surface area contributed by atoms with Crippen LogP contribution in [-0.2, 0) is 149 Å². The molecule has 0 N–H and O–H groups in total. The zero-order valence-corrected chi connectivity index (χ0v) is 64.8. The Balaban J connectivity index is 0.919. The van der Waals surface area contributed by atoms with Gasteiger partial charge in [-0.1, -0.05) is 280 Å². The lowest BCUT2D eigenvalue weighted by Gasteiger charge is -2.52. The van der Waals surface area contributed by atoms with Gasteiger partial charge in [0.1, 0.15) is 97.7 Å². The molecule has 19 heteroatoms. The second-order valence-electron chi connectivity index (χ2n) is 28.4. The summed E-state index contributed by atoms with van der Waals surface area (Å²) in [6, 6.07) is 90.2. The second kappa shape index (κ2) is 44.2. The number of hydrogen-bond acceptors (Lipinski definition) is 17. The zero-order valence-electron chi connectivity index (χ0n) is 63.9. The Labute approximate surface area is 663 Å². The highest BCUT2D eigenvalue weighted by molar-refractivity contribution is 7.99. The number of carbonyl (C=O) groups excluding carboxylic acids is 1. The van der Waals surface area contributed by atoms with Crippen LogP contribution in [0.2, 0.25) is 0 Å². The largest absolute Gasteiger partial charge is 0.463 e. The molecule has 0 radical (unpaired) electrons. The van der Waals surface area contributed by atoms with Crippen molar-refractivity contribution in [2.45, 2.75) is 190 Å². The molecule has 15 atom stereocenters. The average molecular weight is 1540 g/mol. The number of aryl methyl sites for hydroxylation is 2. The van der Waals surface area contributed by atoms with Crippen molar-refractivity contribution < 1.29 is 80.4 Å². The summed E-state index contributed by atoms with van der Waals surface area (Å²) >= 11 is 1.59. The third-order valence-corrected chi connectivity index (χ3v) is 21.0. The minimum absolute atomic E-state index is 0.0587. The van der Waals surface area contributed by atoms with E-state index in [0.717, 1.165) is 69.5 Å². The van der Waals surface area contributed by atoms with Crippen LogP contribution >= 0.6 is 11.8 Å². The van der Waals surface area contributed by atoms with Gasteiger partial charge in [-0.2, -0.15) is 0 Å². The van der Waals surface area contributed by atoms with Gasteiger partial charge in [0.2, 0.25) is 6.33 Å². The van der Waals surface area contributed by atoms with Gasteiger partial charge in [0, 0.05) is 6.42 Å². The van der Waals surface area contributed by atoms with Gasteiger partial charge in [-0.3, -0.25) is 4.79 Å². The third-order valence-electron chi connectivity index (χ3n) is 20.0. The molecule has 1 aromatic heterocycles. The number of hydrogen-bond donors (Lipinski definition) is 0. The fourth-order valence-electron chi connectivity index (χ4n) is 14.2. The van der Waals surface area contributed by atoms with Gasteiger partial charge in [0.05, 0.1) is 86.3 Å². The number of nitrogens with zero attached hydrogens (tertiary/aromatic N) is 2. The first-order valence-corrected chi connectivity index (χ1v) is 40.2. The Morgan fingerprint density at radius 1 is 0.357 bits per heavy atom. The van der Waals surface area contributed by atoms with Crippen molar-refractivity contribution in [2.24, 2.45) is 7.05 Å². The number of imidazole rings is 1. The molecule has 9 aromatic carbocycles. The Hall–Kier alpha value is -8.55. The molecule has 10 aromatic rings. The summed E-state index contributed by atoms with van der Waals surface area (Å²) in [5.41, 5.74) is 7.76. The first-order chi connectivity index (χ1) is 55.3. The van der Waals surface area contributed by atoms with Crippen LogP contribution < -0.4 is 4.57 Å². The van der Waals surface area contributed by atoms with Gasteiger partial charge in [-0.15, -0.1) is 11.8 Å². The molecule has 13 rings (SSSR count). The van der Waals surface area contributed by atoms with Crippen molar-refractivity contribution in [3.05, 3.63) is 342 Å². The van der Waals surface area contributed by atoms with Crippen LogP contribution in [0.3, 0.4) is 0 Å². The highest BCUT2D eigenvalue weighted by Crippen LogP contribution is 2.41. The van der Waals surface area contributed by atoms with Crippen molar-refractivity contribution in [3.8, 4) is 0 Å². The molecule has 588 valence electrons. The maximum Gasteiger partial charge on any atom is 0.305 e. The molecule has 4 heterocycles. The van der Waals surface area contributed by atoms with Crippen LogP contribution in [0.5, 0.6) is 0 Å². The lowest BCUT2D eigenvalue weighted by atomic mass is 9.95. The first kappa shape index (κ1) is 81.5. The molecule has 3 fully saturated rings. The topological polar surface area (TPSA) is 164 Å². The Morgan fingerprint density at radius 2 is 0.670 bits per heavy atom. The van der Waals surface area contributed by atoms with Crippen LogP contribution in [0.1, 0.15) is 82.7 Å². The van der Waals surface area contributed by atoms with E-state index in [2.05, 4.69) is 24.0 Å². The van der Waals surface area contributed by atoms with Crippen LogP contribution in [-0.4, -0.2) is 127 Å². The molecule has 3 aliphatic heterocycles. The number of benzene rings is 9. The van der Waals surface area contributed by atoms with Gasteiger partial charge in [-0.25, -0.2) is 9.13 Å². The summed E-state index contributed by atoms with van der Waals surface area (Å²) in [5.74, 6) is 0.309. The monoisotopic (exact) mass is 1540 g/mol. The van der Waals surface area contributed by atoms with Gasteiger partial charge >= 0.3 is 5.97 Å². The second-order valence-corrected chi connectivity index (χ2v) is 29.8. The number of rotatable bonds is 43. The van der Waals surface area contributed by atoms with Gasteiger partial charge in [-0.05, 0) is 75.1 Å². The maximum absolute atomic E-state index is 14.3. The third kappa shape index (κ3) is 24.7. The van der Waals surface area contributed by atoms with Crippen LogP contribution in [0.25, 0.3) is 0 Å². The van der Waals surface area contributed by atoms with E-state index in [1.54, 1.807) is 11.8 Å². The number of thioether (sulfide) groups is 1. The summed E-state index contributed by atoms with van der Waals surface area (Å²) in [6.07, 6.45) is -5.42. The lowest BCUT2D eigenvalue weighted by molar-refractivity contribution is -0.671. The molecular formula is C93H105N2O16S+. The fourth-order valence-corrected chi connectivity index (χ4v) is 15.2. The molecule has 0 spiro atoms. The van der Waals surface area contributed by atoms with E-state index in [1.807, 2.05) is 291 Å². The normalized spacial score (nSPS) is 23.8. The predicted octanol–water partition coefficient (Wildman–Crippen LogP) is 15.6.